The molecule has 0 unspecified atom stereocenters. The van der Waals surface area contributed by atoms with Crippen LogP contribution < -0.4 is 10.0 Å². The van der Waals surface area contributed by atoms with Crippen LogP contribution in [0.4, 0.5) is 0 Å². The number of nitrogens with one attached hydrogen (secondary N) is 3. The Kier molecular flexibility index (Phi) is 9.69. The molecule has 1 aromatic heterocycles. The van der Waals surface area contributed by atoms with Crippen LogP contribution in [0.25, 0.3) is 32.9 Å². The second-order valence-corrected chi connectivity index (χ2v) is 12.6. The second kappa shape index (κ2) is 13.8. The minimum absolute atomic E-state index is 0.117. The molecule has 1 heterocycles. The molecular formula is C35H37N3O4S. The third-order valence-electron chi connectivity index (χ3n) is 7.72. The molecule has 1 atom stereocenters. The van der Waals surface area contributed by atoms with Gasteiger partial charge in [-0.25, -0.2) is 8.42 Å². The van der Waals surface area contributed by atoms with Crippen molar-refractivity contribution in [2.24, 2.45) is 0 Å². The van der Waals surface area contributed by atoms with Gasteiger partial charge in [0.15, 0.2) is 0 Å². The van der Waals surface area contributed by atoms with E-state index in [2.05, 4.69) is 33.2 Å². The molecule has 0 aliphatic rings. The Labute approximate surface area is 252 Å². The molecule has 0 radical (unpaired) electrons. The topological polar surface area (TPSA) is 108 Å². The number of amides is 1. The Bertz CT molecular complexity index is 1830. The Balaban J connectivity index is 1.31. The molecule has 4 aromatic carbocycles. The lowest BCUT2D eigenvalue weighted by Crippen LogP contribution is -2.47. The van der Waals surface area contributed by atoms with Gasteiger partial charge in [0.2, 0.25) is 15.9 Å². The molecule has 5 rings (SSSR count). The molecule has 0 fully saturated rings. The number of para-hydroxylation sites is 1. The van der Waals surface area contributed by atoms with Crippen molar-refractivity contribution in [1.29, 1.82) is 0 Å². The van der Waals surface area contributed by atoms with Crippen LogP contribution in [-0.2, 0) is 26.0 Å². The van der Waals surface area contributed by atoms with Gasteiger partial charge in [-0.05, 0) is 66.3 Å². The number of rotatable bonds is 14. The van der Waals surface area contributed by atoms with Gasteiger partial charge < -0.3 is 15.1 Å². The lowest BCUT2D eigenvalue weighted by atomic mass is 10.0. The van der Waals surface area contributed by atoms with E-state index in [1.807, 2.05) is 60.7 Å². The molecular weight excluding hydrogens is 558 g/mol. The molecule has 5 aromatic rings. The van der Waals surface area contributed by atoms with Crippen LogP contribution in [0.1, 0.15) is 44.6 Å². The van der Waals surface area contributed by atoms with Gasteiger partial charge in [-0.2, -0.15) is 4.72 Å². The Hall–Kier alpha value is -4.27. The standard InChI is InChI=1S/C35H37N3O4S/c1-25(39)12-4-2-7-19-33(38-43(41,42)29-21-20-26-13-8-9-16-28(26)24-29)35(40)36-23-22-31-30-17-10-11-18-32(30)37-34(31)27-14-5-3-6-15-27/h3,5-6,8-11,13-18,20-21,24,33,37-38H,2,4,7,12,19,22-23H2,1H3,(H,36,40)/t33-/m0/s1. The summed E-state index contributed by atoms with van der Waals surface area (Å²) in [6.45, 7) is 1.91. The SMILES string of the molecule is CC(=O)CCCCC[C@H](NS(=O)(=O)c1ccc2ccccc2c1)C(=O)NCCc1c(-c2ccccc2)[nH]c2ccccc12. The van der Waals surface area contributed by atoms with Gasteiger partial charge in [-0.15, -0.1) is 0 Å². The van der Waals surface area contributed by atoms with Crippen molar-refractivity contribution in [1.82, 2.24) is 15.0 Å². The van der Waals surface area contributed by atoms with E-state index in [4.69, 9.17) is 0 Å². The molecule has 0 bridgehead atoms. The monoisotopic (exact) mass is 595 g/mol. The summed E-state index contributed by atoms with van der Waals surface area (Å²) in [4.78, 5) is 28.5. The highest BCUT2D eigenvalue weighted by molar-refractivity contribution is 7.89. The Morgan fingerprint density at radius 2 is 1.53 bits per heavy atom. The third kappa shape index (κ3) is 7.58. The van der Waals surface area contributed by atoms with E-state index in [1.54, 1.807) is 25.1 Å². The number of Topliss-reactive ketones (excluding diaryl/α,β-unsaturated/α-hetero) is 1. The number of ketones is 1. The van der Waals surface area contributed by atoms with Gasteiger partial charge in [0.05, 0.1) is 4.90 Å². The highest BCUT2D eigenvalue weighted by atomic mass is 32.2. The number of aromatic amines is 1. The average molecular weight is 596 g/mol. The van der Waals surface area contributed by atoms with Crippen LogP contribution in [0, 0.1) is 0 Å². The first-order valence-electron chi connectivity index (χ1n) is 14.7. The lowest BCUT2D eigenvalue weighted by molar-refractivity contribution is -0.123. The fourth-order valence-corrected chi connectivity index (χ4v) is 6.74. The zero-order chi connectivity index (χ0) is 30.2. The largest absolute Gasteiger partial charge is 0.354 e. The molecule has 0 aliphatic heterocycles. The van der Waals surface area contributed by atoms with Crippen molar-refractivity contribution < 1.29 is 18.0 Å². The number of sulfonamides is 1. The predicted molar refractivity (Wildman–Crippen MR) is 172 cm³/mol. The molecule has 8 heteroatoms. The van der Waals surface area contributed by atoms with Crippen molar-refractivity contribution >= 4 is 43.4 Å². The molecule has 7 nitrogen and oxygen atoms in total. The quantitative estimate of drug-likeness (QED) is 0.127. The maximum absolute atomic E-state index is 13.5. The summed E-state index contributed by atoms with van der Waals surface area (Å²) in [5.41, 5.74) is 4.19. The first-order valence-corrected chi connectivity index (χ1v) is 16.2. The van der Waals surface area contributed by atoms with E-state index in [-0.39, 0.29) is 16.6 Å². The van der Waals surface area contributed by atoms with Crippen molar-refractivity contribution in [2.45, 2.75) is 56.4 Å². The van der Waals surface area contributed by atoms with Crippen LogP contribution in [0.5, 0.6) is 0 Å². The maximum atomic E-state index is 13.5. The number of aromatic nitrogens is 1. The highest BCUT2D eigenvalue weighted by Crippen LogP contribution is 2.30. The number of hydrogen-bond donors (Lipinski definition) is 3. The van der Waals surface area contributed by atoms with Gasteiger partial charge in [0.1, 0.15) is 11.8 Å². The van der Waals surface area contributed by atoms with Gasteiger partial charge in [0.25, 0.3) is 0 Å². The van der Waals surface area contributed by atoms with Gasteiger partial charge in [-0.1, -0.05) is 91.7 Å². The summed E-state index contributed by atoms with van der Waals surface area (Å²) in [6.07, 6.45) is 3.45. The summed E-state index contributed by atoms with van der Waals surface area (Å²) >= 11 is 0. The zero-order valence-electron chi connectivity index (χ0n) is 24.3. The Morgan fingerprint density at radius 1 is 0.814 bits per heavy atom. The van der Waals surface area contributed by atoms with Crippen molar-refractivity contribution in [3.05, 3.63) is 103 Å². The summed E-state index contributed by atoms with van der Waals surface area (Å²) in [5, 5.41) is 5.83. The fraction of sp³-hybridized carbons (Fsp3) is 0.257. The first-order chi connectivity index (χ1) is 20.8. The van der Waals surface area contributed by atoms with Crippen molar-refractivity contribution in [2.75, 3.05) is 6.54 Å². The smallest absolute Gasteiger partial charge is 0.241 e. The van der Waals surface area contributed by atoms with Gasteiger partial charge >= 0.3 is 0 Å². The number of unbranched alkanes of at least 4 members (excludes halogenated alkanes) is 2. The minimum atomic E-state index is -3.96. The van der Waals surface area contributed by atoms with E-state index < -0.39 is 16.1 Å². The van der Waals surface area contributed by atoms with Gasteiger partial charge in [0, 0.05) is 29.6 Å². The van der Waals surface area contributed by atoms with Crippen LogP contribution in [0.2, 0.25) is 0 Å². The van der Waals surface area contributed by atoms with E-state index in [0.717, 1.165) is 44.9 Å². The van der Waals surface area contributed by atoms with Crippen LogP contribution in [-0.4, -0.2) is 37.7 Å². The molecule has 0 aliphatic carbocycles. The maximum Gasteiger partial charge on any atom is 0.241 e. The molecule has 0 spiro atoms. The van der Waals surface area contributed by atoms with Crippen molar-refractivity contribution in [3.63, 3.8) is 0 Å². The zero-order valence-corrected chi connectivity index (χ0v) is 25.1. The first kappa shape index (κ1) is 30.2. The van der Waals surface area contributed by atoms with E-state index in [0.29, 0.717) is 38.6 Å². The normalized spacial score (nSPS) is 12.4. The summed E-state index contributed by atoms with van der Waals surface area (Å²) < 4.78 is 29.5. The molecule has 3 N–H and O–H groups in total. The summed E-state index contributed by atoms with van der Waals surface area (Å²) in [5.74, 6) is -0.240. The number of carbonyl (C=O) groups excluding carboxylic acids is 2. The number of H-pyrrole nitrogens is 1. The molecule has 0 saturated heterocycles. The molecule has 0 saturated carbocycles. The second-order valence-electron chi connectivity index (χ2n) is 10.9. The number of hydrogen-bond acceptors (Lipinski definition) is 4. The molecule has 1 amide bonds. The highest BCUT2D eigenvalue weighted by Gasteiger charge is 2.26. The number of carbonyl (C=O) groups is 2. The minimum Gasteiger partial charge on any atom is -0.354 e. The molecule has 222 valence electrons. The number of benzene rings is 4. The predicted octanol–water partition coefficient (Wildman–Crippen LogP) is 6.53. The van der Waals surface area contributed by atoms with Gasteiger partial charge in [-0.3, -0.25) is 4.79 Å². The molecule has 43 heavy (non-hydrogen) atoms. The number of fused-ring (bicyclic) bond motifs is 2. The van der Waals surface area contributed by atoms with E-state index in [1.165, 1.54) is 0 Å². The van der Waals surface area contributed by atoms with Crippen molar-refractivity contribution in [3.8, 4) is 11.3 Å². The average Bonchev–Trinajstić information content (AvgIpc) is 3.38. The third-order valence-corrected chi connectivity index (χ3v) is 9.19. The van der Waals surface area contributed by atoms with Crippen LogP contribution in [0.15, 0.2) is 102 Å². The summed E-state index contributed by atoms with van der Waals surface area (Å²) in [7, 11) is -3.96. The summed E-state index contributed by atoms with van der Waals surface area (Å²) in [6, 6.07) is 29.7. The van der Waals surface area contributed by atoms with Crippen LogP contribution >= 0.6 is 0 Å². The van der Waals surface area contributed by atoms with E-state index in [9.17, 15) is 18.0 Å². The van der Waals surface area contributed by atoms with E-state index >= 15 is 0 Å². The van der Waals surface area contributed by atoms with Crippen LogP contribution in [0.3, 0.4) is 0 Å². The Morgan fingerprint density at radius 3 is 2.33 bits per heavy atom. The fourth-order valence-electron chi connectivity index (χ4n) is 5.48. The lowest BCUT2D eigenvalue weighted by Gasteiger charge is -2.19.